The van der Waals surface area contributed by atoms with E-state index < -0.39 is 0 Å². The van der Waals surface area contributed by atoms with Gasteiger partial charge in [-0.3, -0.25) is 0 Å². The molecular formula is C11H16BrN. The molecule has 1 rings (SSSR count). The van der Waals surface area contributed by atoms with Crippen molar-refractivity contribution in [2.24, 2.45) is 5.73 Å². The minimum atomic E-state index is 0.450. The summed E-state index contributed by atoms with van der Waals surface area (Å²) in [6.45, 7) is 7.09. The molecule has 1 aromatic rings. The maximum atomic E-state index is 5.63. The molecule has 13 heavy (non-hydrogen) atoms. The molecule has 0 aliphatic carbocycles. The van der Waals surface area contributed by atoms with Crippen molar-refractivity contribution < 1.29 is 0 Å². The molecule has 72 valence electrons. The summed E-state index contributed by atoms with van der Waals surface area (Å²) in [6.07, 6.45) is 0. The third-order valence-electron chi connectivity index (χ3n) is 2.38. The van der Waals surface area contributed by atoms with E-state index in [1.165, 1.54) is 21.2 Å². The lowest BCUT2D eigenvalue weighted by atomic mass is 9.97. The molecule has 0 aliphatic heterocycles. The number of aryl methyl sites for hydroxylation is 2. The lowest BCUT2D eigenvalue weighted by Gasteiger charge is -2.12. The second-order valence-corrected chi connectivity index (χ2v) is 4.40. The molecule has 0 amide bonds. The molecule has 2 heteroatoms. The summed E-state index contributed by atoms with van der Waals surface area (Å²) in [5, 5.41) is 0. The van der Waals surface area contributed by atoms with Crippen molar-refractivity contribution in [1.82, 2.24) is 0 Å². The molecule has 1 nitrogen and oxygen atoms in total. The Kier molecular flexibility index (Phi) is 3.51. The van der Waals surface area contributed by atoms with Crippen molar-refractivity contribution >= 4 is 15.9 Å². The van der Waals surface area contributed by atoms with Crippen LogP contribution in [0.5, 0.6) is 0 Å². The molecule has 0 spiro atoms. The van der Waals surface area contributed by atoms with E-state index in [0.29, 0.717) is 12.5 Å². The normalized spacial score (nSPS) is 13.0. The van der Waals surface area contributed by atoms with Gasteiger partial charge >= 0.3 is 0 Å². The van der Waals surface area contributed by atoms with Crippen LogP contribution < -0.4 is 5.73 Å². The molecule has 0 saturated carbocycles. The molecule has 1 aromatic carbocycles. The second kappa shape index (κ2) is 4.25. The largest absolute Gasteiger partial charge is 0.330 e. The van der Waals surface area contributed by atoms with Crippen molar-refractivity contribution in [2.75, 3.05) is 6.54 Å². The van der Waals surface area contributed by atoms with Gasteiger partial charge in [0.15, 0.2) is 0 Å². The van der Waals surface area contributed by atoms with Crippen LogP contribution in [0.15, 0.2) is 16.6 Å². The van der Waals surface area contributed by atoms with Gasteiger partial charge in [-0.1, -0.05) is 35.0 Å². The zero-order chi connectivity index (χ0) is 10.0. The summed E-state index contributed by atoms with van der Waals surface area (Å²) in [6, 6.07) is 4.41. The molecule has 1 atom stereocenters. The van der Waals surface area contributed by atoms with Gasteiger partial charge in [0.05, 0.1) is 0 Å². The van der Waals surface area contributed by atoms with Crippen molar-refractivity contribution in [3.05, 3.63) is 33.3 Å². The summed E-state index contributed by atoms with van der Waals surface area (Å²) in [5.41, 5.74) is 9.54. The monoisotopic (exact) mass is 241 g/mol. The fourth-order valence-corrected chi connectivity index (χ4v) is 1.63. The highest BCUT2D eigenvalue weighted by molar-refractivity contribution is 9.10. The van der Waals surface area contributed by atoms with Crippen molar-refractivity contribution in [1.29, 1.82) is 0 Å². The van der Waals surface area contributed by atoms with Crippen LogP contribution in [-0.4, -0.2) is 6.54 Å². The van der Waals surface area contributed by atoms with Gasteiger partial charge in [0.2, 0.25) is 0 Å². The first kappa shape index (κ1) is 10.7. The standard InChI is InChI=1S/C11H16BrN/c1-7-4-10(9(3)6-13)5-8(2)11(7)12/h4-5,9H,6,13H2,1-3H3. The third kappa shape index (κ3) is 2.32. The van der Waals surface area contributed by atoms with Crippen LogP contribution in [0.3, 0.4) is 0 Å². The number of halogens is 1. The molecule has 1 unspecified atom stereocenters. The Morgan fingerprint density at radius 1 is 1.31 bits per heavy atom. The predicted molar refractivity (Wildman–Crippen MR) is 61.1 cm³/mol. The topological polar surface area (TPSA) is 26.0 Å². The van der Waals surface area contributed by atoms with E-state index in [1.807, 2.05) is 0 Å². The summed E-state index contributed by atoms with van der Waals surface area (Å²) < 4.78 is 1.21. The molecule has 0 bridgehead atoms. The van der Waals surface area contributed by atoms with Crippen LogP contribution in [0.25, 0.3) is 0 Å². The highest BCUT2D eigenvalue weighted by Crippen LogP contribution is 2.25. The Balaban J connectivity index is 3.13. The summed E-state index contributed by atoms with van der Waals surface area (Å²) >= 11 is 3.55. The van der Waals surface area contributed by atoms with Crippen LogP contribution in [0.1, 0.15) is 29.5 Å². The summed E-state index contributed by atoms with van der Waals surface area (Å²) in [7, 11) is 0. The van der Waals surface area contributed by atoms with Crippen LogP contribution in [0, 0.1) is 13.8 Å². The van der Waals surface area contributed by atoms with Gasteiger partial charge in [-0.25, -0.2) is 0 Å². The van der Waals surface area contributed by atoms with Crippen LogP contribution >= 0.6 is 15.9 Å². The molecule has 0 aromatic heterocycles. The van der Waals surface area contributed by atoms with Gasteiger partial charge in [-0.15, -0.1) is 0 Å². The zero-order valence-electron chi connectivity index (χ0n) is 8.39. The quantitative estimate of drug-likeness (QED) is 0.847. The van der Waals surface area contributed by atoms with Crippen molar-refractivity contribution in [3.8, 4) is 0 Å². The van der Waals surface area contributed by atoms with Crippen molar-refractivity contribution in [3.63, 3.8) is 0 Å². The van der Waals surface area contributed by atoms with E-state index >= 15 is 0 Å². The van der Waals surface area contributed by atoms with Gasteiger partial charge in [0.1, 0.15) is 0 Å². The van der Waals surface area contributed by atoms with Gasteiger partial charge in [-0.2, -0.15) is 0 Å². The minimum absolute atomic E-state index is 0.450. The van der Waals surface area contributed by atoms with Gasteiger partial charge in [0.25, 0.3) is 0 Å². The highest BCUT2D eigenvalue weighted by atomic mass is 79.9. The fraction of sp³-hybridized carbons (Fsp3) is 0.455. The second-order valence-electron chi connectivity index (χ2n) is 3.61. The first-order valence-electron chi connectivity index (χ1n) is 4.53. The zero-order valence-corrected chi connectivity index (χ0v) is 9.98. The maximum absolute atomic E-state index is 5.63. The number of benzene rings is 1. The van der Waals surface area contributed by atoms with E-state index in [4.69, 9.17) is 5.73 Å². The Morgan fingerprint density at radius 2 is 1.77 bits per heavy atom. The van der Waals surface area contributed by atoms with E-state index in [9.17, 15) is 0 Å². The molecule has 2 N–H and O–H groups in total. The number of nitrogens with two attached hydrogens (primary N) is 1. The van der Waals surface area contributed by atoms with E-state index in [1.54, 1.807) is 0 Å². The maximum Gasteiger partial charge on any atom is 0.0233 e. The SMILES string of the molecule is Cc1cc(C(C)CN)cc(C)c1Br. The molecule has 0 heterocycles. The Morgan fingerprint density at radius 3 is 2.15 bits per heavy atom. The number of hydrogen-bond donors (Lipinski definition) is 1. The Hall–Kier alpha value is -0.340. The average molecular weight is 242 g/mol. The Bertz CT molecular complexity index is 284. The first-order valence-corrected chi connectivity index (χ1v) is 5.32. The van der Waals surface area contributed by atoms with Gasteiger partial charge in [0, 0.05) is 4.47 Å². The Labute approximate surface area is 88.5 Å². The average Bonchev–Trinajstić information content (AvgIpc) is 2.12. The number of rotatable bonds is 2. The van der Waals surface area contributed by atoms with Gasteiger partial charge < -0.3 is 5.73 Å². The van der Waals surface area contributed by atoms with E-state index in [2.05, 4.69) is 48.8 Å². The molecule has 0 fully saturated rings. The number of hydrogen-bond acceptors (Lipinski definition) is 1. The lowest BCUT2D eigenvalue weighted by molar-refractivity contribution is 0.772. The molecule has 0 aliphatic rings. The minimum Gasteiger partial charge on any atom is -0.330 e. The third-order valence-corrected chi connectivity index (χ3v) is 3.63. The first-order chi connectivity index (χ1) is 6.06. The highest BCUT2D eigenvalue weighted by Gasteiger charge is 2.06. The van der Waals surface area contributed by atoms with Gasteiger partial charge in [-0.05, 0) is 43.0 Å². The predicted octanol–water partition coefficient (Wildman–Crippen LogP) is 3.13. The lowest BCUT2D eigenvalue weighted by Crippen LogP contribution is -2.09. The van der Waals surface area contributed by atoms with E-state index in [-0.39, 0.29) is 0 Å². The van der Waals surface area contributed by atoms with Crippen molar-refractivity contribution in [2.45, 2.75) is 26.7 Å². The summed E-state index contributed by atoms with van der Waals surface area (Å²) in [5.74, 6) is 0.450. The van der Waals surface area contributed by atoms with Crippen LogP contribution in [-0.2, 0) is 0 Å². The molecule has 0 radical (unpaired) electrons. The molecule has 0 saturated heterocycles. The summed E-state index contributed by atoms with van der Waals surface area (Å²) in [4.78, 5) is 0. The molecular weight excluding hydrogens is 226 g/mol. The van der Waals surface area contributed by atoms with Crippen LogP contribution in [0.2, 0.25) is 0 Å². The van der Waals surface area contributed by atoms with E-state index in [0.717, 1.165) is 0 Å². The fourth-order valence-electron chi connectivity index (χ4n) is 1.40. The smallest absolute Gasteiger partial charge is 0.0233 e. The van der Waals surface area contributed by atoms with Crippen LogP contribution in [0.4, 0.5) is 0 Å².